The second-order valence-corrected chi connectivity index (χ2v) is 8.89. The van der Waals surface area contributed by atoms with Crippen molar-refractivity contribution in [3.63, 3.8) is 0 Å². The van der Waals surface area contributed by atoms with E-state index in [1.807, 2.05) is 25.3 Å². The van der Waals surface area contributed by atoms with Crippen LogP contribution in [0.2, 0.25) is 0 Å². The lowest BCUT2D eigenvalue weighted by atomic mass is 10.3. The predicted octanol–water partition coefficient (Wildman–Crippen LogP) is 4.68. The van der Waals surface area contributed by atoms with Crippen molar-refractivity contribution in [2.24, 2.45) is 0 Å². The predicted molar refractivity (Wildman–Crippen MR) is 101 cm³/mol. The van der Waals surface area contributed by atoms with Crippen LogP contribution in [0.25, 0.3) is 9.88 Å². The number of carbonyl (C=O) groups excluding carboxylic acids is 1. The lowest BCUT2D eigenvalue weighted by Gasteiger charge is -2.02. The molecule has 3 heterocycles. The first-order valence-corrected chi connectivity index (χ1v) is 10.3. The van der Waals surface area contributed by atoms with Gasteiger partial charge in [-0.05, 0) is 35.8 Å². The summed E-state index contributed by atoms with van der Waals surface area (Å²) in [4.78, 5) is 23.3. The van der Waals surface area contributed by atoms with Gasteiger partial charge in [0.25, 0.3) is 5.91 Å². The molecule has 0 saturated carbocycles. The second-order valence-electron chi connectivity index (χ2n) is 4.91. The zero-order chi connectivity index (χ0) is 16.4. The van der Waals surface area contributed by atoms with Crippen LogP contribution in [-0.4, -0.2) is 22.4 Å². The van der Waals surface area contributed by atoms with Crippen molar-refractivity contribution in [3.8, 4) is 9.88 Å². The van der Waals surface area contributed by atoms with Gasteiger partial charge in [0.1, 0.15) is 10.7 Å². The largest absolute Gasteiger partial charge is 0.350 e. The van der Waals surface area contributed by atoms with E-state index in [1.165, 1.54) is 16.2 Å². The smallest absolute Gasteiger partial charge is 0.270 e. The van der Waals surface area contributed by atoms with Crippen LogP contribution in [0.4, 0.5) is 0 Å². The van der Waals surface area contributed by atoms with Gasteiger partial charge in [-0.15, -0.1) is 34.0 Å². The normalized spacial score (nSPS) is 10.9. The van der Waals surface area contributed by atoms with Gasteiger partial charge in [0.05, 0.1) is 15.6 Å². The van der Waals surface area contributed by atoms with Crippen molar-refractivity contribution in [1.29, 1.82) is 0 Å². The quantitative estimate of drug-likeness (QED) is 0.642. The van der Waals surface area contributed by atoms with Crippen LogP contribution >= 0.6 is 49.9 Å². The summed E-state index contributed by atoms with van der Waals surface area (Å²) in [7, 11) is 0. The van der Waals surface area contributed by atoms with Crippen molar-refractivity contribution >= 4 is 55.8 Å². The van der Waals surface area contributed by atoms with E-state index in [2.05, 4.69) is 31.2 Å². The molecule has 0 radical (unpaired) electrons. The number of nitrogens with zero attached hydrogens (tertiary/aromatic N) is 2. The summed E-state index contributed by atoms with van der Waals surface area (Å²) in [5.41, 5.74) is 1.53. The number of hydrogen-bond acceptors (Lipinski definition) is 6. The number of hydrogen-bond donors (Lipinski definition) is 1. The Kier molecular flexibility index (Phi) is 5.25. The third-order valence-electron chi connectivity index (χ3n) is 3.15. The number of carbonyl (C=O) groups is 1. The first-order valence-electron chi connectivity index (χ1n) is 6.94. The van der Waals surface area contributed by atoms with E-state index in [0.717, 1.165) is 31.5 Å². The lowest BCUT2D eigenvalue weighted by molar-refractivity contribution is 0.0950. The highest BCUT2D eigenvalue weighted by atomic mass is 79.9. The van der Waals surface area contributed by atoms with Crippen LogP contribution in [0.15, 0.2) is 21.3 Å². The summed E-state index contributed by atoms with van der Waals surface area (Å²) in [6, 6.07) is 2.01. The molecule has 120 valence electrons. The maximum Gasteiger partial charge on any atom is 0.270 e. The number of thiophene rings is 1. The topological polar surface area (TPSA) is 54.9 Å². The molecule has 3 rings (SSSR count). The Labute approximate surface area is 154 Å². The Morgan fingerprint density at radius 1 is 1.26 bits per heavy atom. The zero-order valence-corrected chi connectivity index (χ0v) is 16.6. The van der Waals surface area contributed by atoms with E-state index in [4.69, 9.17) is 0 Å². The van der Waals surface area contributed by atoms with Crippen LogP contribution in [0, 0.1) is 13.8 Å². The van der Waals surface area contributed by atoms with E-state index in [0.29, 0.717) is 12.2 Å². The molecular formula is C15H14BrN3OS3. The second kappa shape index (κ2) is 7.21. The number of amides is 1. The minimum Gasteiger partial charge on any atom is -0.350 e. The molecule has 23 heavy (non-hydrogen) atoms. The first-order chi connectivity index (χ1) is 11.0. The number of halogens is 1. The van der Waals surface area contributed by atoms with Crippen LogP contribution in [0.3, 0.4) is 0 Å². The van der Waals surface area contributed by atoms with Gasteiger partial charge in [-0.1, -0.05) is 0 Å². The SMILES string of the molecule is Cc1nc(C)c(CCNC(=O)c2csc(-c3cc(Br)cs3)n2)s1. The lowest BCUT2D eigenvalue weighted by Crippen LogP contribution is -2.25. The molecule has 1 amide bonds. The molecule has 0 spiro atoms. The van der Waals surface area contributed by atoms with E-state index in [9.17, 15) is 4.79 Å². The average Bonchev–Trinajstić information content (AvgIpc) is 3.20. The molecule has 1 N–H and O–H groups in total. The van der Waals surface area contributed by atoms with Crippen LogP contribution in [0.5, 0.6) is 0 Å². The molecular weight excluding hydrogens is 414 g/mol. The molecule has 3 aromatic heterocycles. The number of aromatic nitrogens is 2. The van der Waals surface area contributed by atoms with Crippen LogP contribution in [0.1, 0.15) is 26.1 Å². The van der Waals surface area contributed by atoms with Gasteiger partial charge in [0.15, 0.2) is 0 Å². The van der Waals surface area contributed by atoms with Gasteiger partial charge in [0, 0.05) is 33.1 Å². The van der Waals surface area contributed by atoms with Gasteiger partial charge < -0.3 is 5.32 Å². The van der Waals surface area contributed by atoms with Crippen molar-refractivity contribution in [2.45, 2.75) is 20.3 Å². The van der Waals surface area contributed by atoms with Gasteiger partial charge in [-0.2, -0.15) is 0 Å². The fourth-order valence-corrected chi connectivity index (χ4v) is 5.35. The fraction of sp³-hybridized carbons (Fsp3) is 0.267. The summed E-state index contributed by atoms with van der Waals surface area (Å²) < 4.78 is 1.04. The van der Waals surface area contributed by atoms with Crippen molar-refractivity contribution in [1.82, 2.24) is 15.3 Å². The van der Waals surface area contributed by atoms with Gasteiger partial charge in [-0.3, -0.25) is 4.79 Å². The van der Waals surface area contributed by atoms with Gasteiger partial charge in [-0.25, -0.2) is 9.97 Å². The molecule has 0 fully saturated rings. The highest BCUT2D eigenvalue weighted by Gasteiger charge is 2.13. The Bertz CT molecular complexity index is 837. The maximum absolute atomic E-state index is 12.2. The van der Waals surface area contributed by atoms with E-state index in [1.54, 1.807) is 28.1 Å². The Morgan fingerprint density at radius 2 is 2.09 bits per heavy atom. The molecule has 0 aliphatic carbocycles. The highest BCUT2D eigenvalue weighted by Crippen LogP contribution is 2.31. The zero-order valence-electron chi connectivity index (χ0n) is 12.6. The standard InChI is InChI=1S/C15H14BrN3OS3/c1-8-12(23-9(2)18-8)3-4-17-14(20)11-7-22-15(19-11)13-5-10(16)6-21-13/h5-7H,3-4H2,1-2H3,(H,17,20). The molecule has 0 atom stereocenters. The third-order valence-corrected chi connectivity index (χ3v) is 6.99. The number of nitrogens with one attached hydrogen (secondary N) is 1. The van der Waals surface area contributed by atoms with E-state index >= 15 is 0 Å². The van der Waals surface area contributed by atoms with Crippen LogP contribution in [-0.2, 0) is 6.42 Å². The maximum atomic E-state index is 12.2. The van der Waals surface area contributed by atoms with E-state index < -0.39 is 0 Å². The molecule has 0 saturated heterocycles. The first kappa shape index (κ1) is 16.8. The molecule has 0 bridgehead atoms. The summed E-state index contributed by atoms with van der Waals surface area (Å²) >= 11 is 8.22. The molecule has 3 aromatic rings. The molecule has 8 heteroatoms. The Balaban J connectivity index is 1.58. The summed E-state index contributed by atoms with van der Waals surface area (Å²) in [5.74, 6) is -0.123. The van der Waals surface area contributed by atoms with Crippen LogP contribution < -0.4 is 5.32 Å². The minimum atomic E-state index is -0.123. The monoisotopic (exact) mass is 427 g/mol. The van der Waals surface area contributed by atoms with Crippen molar-refractivity contribution in [3.05, 3.63) is 42.6 Å². The molecule has 0 aliphatic rings. The van der Waals surface area contributed by atoms with Crippen molar-refractivity contribution in [2.75, 3.05) is 6.54 Å². The Hall–Kier alpha value is -1.09. The third kappa shape index (κ3) is 4.06. The molecule has 4 nitrogen and oxygen atoms in total. The number of thiazole rings is 2. The van der Waals surface area contributed by atoms with Crippen molar-refractivity contribution < 1.29 is 4.79 Å². The highest BCUT2D eigenvalue weighted by molar-refractivity contribution is 9.10. The summed E-state index contributed by atoms with van der Waals surface area (Å²) in [6.07, 6.45) is 0.804. The summed E-state index contributed by atoms with van der Waals surface area (Å²) in [6.45, 7) is 4.60. The molecule has 0 unspecified atom stereocenters. The number of aryl methyl sites for hydroxylation is 2. The fourth-order valence-electron chi connectivity index (χ4n) is 2.10. The minimum absolute atomic E-state index is 0.123. The average molecular weight is 428 g/mol. The summed E-state index contributed by atoms with van der Waals surface area (Å²) in [5, 5.41) is 8.69. The van der Waals surface area contributed by atoms with E-state index in [-0.39, 0.29) is 5.91 Å². The molecule has 0 aliphatic heterocycles. The number of rotatable bonds is 5. The van der Waals surface area contributed by atoms with Gasteiger partial charge in [0.2, 0.25) is 0 Å². The molecule has 0 aromatic carbocycles. The Morgan fingerprint density at radius 3 is 2.74 bits per heavy atom. The van der Waals surface area contributed by atoms with Gasteiger partial charge >= 0.3 is 0 Å².